The van der Waals surface area contributed by atoms with Gasteiger partial charge in [-0.05, 0) is 38.8 Å². The Morgan fingerprint density at radius 2 is 2.14 bits per heavy atom. The molecular weight excluding hydrogens is 274 g/mol. The summed E-state index contributed by atoms with van der Waals surface area (Å²) in [6.45, 7) is 10.2. The minimum Gasteiger partial charge on any atom is -0.357 e. The van der Waals surface area contributed by atoms with E-state index in [0.29, 0.717) is 24.5 Å². The molecule has 0 N–H and O–H groups in total. The minimum absolute atomic E-state index is 0.249. The van der Waals surface area contributed by atoms with Crippen molar-refractivity contribution in [1.82, 2.24) is 4.90 Å². The predicted molar refractivity (Wildman–Crippen MR) is 89.7 cm³/mol. The summed E-state index contributed by atoms with van der Waals surface area (Å²) < 4.78 is 0. The highest BCUT2D eigenvalue weighted by Crippen LogP contribution is 2.50. The highest BCUT2D eigenvalue weighted by molar-refractivity contribution is 6.04. The number of benzene rings is 1. The fraction of sp³-hybridized carbons (Fsp3) is 0.611. The van der Waals surface area contributed by atoms with Crippen molar-refractivity contribution < 1.29 is 4.79 Å². The van der Waals surface area contributed by atoms with Gasteiger partial charge in [-0.25, -0.2) is 0 Å². The van der Waals surface area contributed by atoms with Crippen LogP contribution in [0.1, 0.15) is 38.7 Å². The molecule has 1 amide bonds. The van der Waals surface area contributed by atoms with Crippen LogP contribution in [-0.4, -0.2) is 49.1 Å². The topological polar surface area (TPSA) is 26.8 Å². The quantitative estimate of drug-likeness (QED) is 0.839. The van der Waals surface area contributed by atoms with Gasteiger partial charge in [0.15, 0.2) is 0 Å². The van der Waals surface area contributed by atoms with Crippen molar-refractivity contribution in [3.05, 3.63) is 23.8 Å². The van der Waals surface area contributed by atoms with Crippen molar-refractivity contribution in [3.63, 3.8) is 0 Å². The van der Waals surface area contributed by atoms with Gasteiger partial charge in [-0.1, -0.05) is 12.1 Å². The van der Waals surface area contributed by atoms with E-state index in [4.69, 9.17) is 0 Å². The zero-order chi connectivity index (χ0) is 15.4. The van der Waals surface area contributed by atoms with Crippen LogP contribution in [0.5, 0.6) is 0 Å². The standard InChI is InChI=1S/C18H25N3O/c1-4-20-16-7-5-6-13-14-10-19(12(2)3)9-8-15(14)21(18(13)16)11-17(20)22/h5-7,12,14-15H,4,8-11H2,1-3H3. The van der Waals surface area contributed by atoms with Gasteiger partial charge in [0.2, 0.25) is 5.91 Å². The maximum Gasteiger partial charge on any atom is 0.246 e. The Hall–Kier alpha value is -1.55. The summed E-state index contributed by atoms with van der Waals surface area (Å²) >= 11 is 0. The fourth-order valence-corrected chi connectivity index (χ4v) is 4.57. The van der Waals surface area contributed by atoms with Gasteiger partial charge in [0, 0.05) is 37.6 Å². The number of amides is 1. The number of para-hydroxylation sites is 1. The van der Waals surface area contributed by atoms with E-state index in [1.165, 1.54) is 11.3 Å². The van der Waals surface area contributed by atoms with Gasteiger partial charge in [0.05, 0.1) is 17.9 Å². The Labute approximate surface area is 132 Å². The van der Waals surface area contributed by atoms with Gasteiger partial charge in [-0.3, -0.25) is 4.79 Å². The second-order valence-electron chi connectivity index (χ2n) is 7.03. The Balaban J connectivity index is 1.78. The molecule has 22 heavy (non-hydrogen) atoms. The number of piperidine rings is 1. The van der Waals surface area contributed by atoms with Crippen molar-refractivity contribution in [1.29, 1.82) is 0 Å². The average Bonchev–Trinajstić information content (AvgIpc) is 2.83. The number of nitrogens with zero attached hydrogens (tertiary/aromatic N) is 3. The van der Waals surface area contributed by atoms with Crippen molar-refractivity contribution >= 4 is 17.3 Å². The van der Waals surface area contributed by atoms with Gasteiger partial charge in [-0.15, -0.1) is 0 Å². The third-order valence-corrected chi connectivity index (χ3v) is 5.68. The molecule has 3 aliphatic rings. The van der Waals surface area contributed by atoms with E-state index in [2.05, 4.69) is 48.8 Å². The first-order valence-corrected chi connectivity index (χ1v) is 8.55. The summed E-state index contributed by atoms with van der Waals surface area (Å²) in [4.78, 5) is 19.4. The number of fused-ring (bicyclic) bond motifs is 3. The van der Waals surface area contributed by atoms with Gasteiger partial charge >= 0.3 is 0 Å². The third-order valence-electron chi connectivity index (χ3n) is 5.68. The second kappa shape index (κ2) is 4.98. The molecule has 2 atom stereocenters. The highest BCUT2D eigenvalue weighted by atomic mass is 16.2. The molecule has 2 unspecified atom stereocenters. The lowest BCUT2D eigenvalue weighted by atomic mass is 9.88. The van der Waals surface area contributed by atoms with Gasteiger partial charge in [0.1, 0.15) is 0 Å². The van der Waals surface area contributed by atoms with Crippen LogP contribution in [0.25, 0.3) is 0 Å². The lowest BCUT2D eigenvalue weighted by molar-refractivity contribution is -0.117. The molecule has 0 spiro atoms. The Bertz CT molecular complexity index is 612. The summed E-state index contributed by atoms with van der Waals surface area (Å²) in [5, 5.41) is 0. The monoisotopic (exact) mass is 299 g/mol. The molecule has 0 aliphatic carbocycles. The molecule has 3 heterocycles. The first kappa shape index (κ1) is 14.1. The van der Waals surface area contributed by atoms with Crippen LogP contribution in [0.15, 0.2) is 18.2 Å². The van der Waals surface area contributed by atoms with E-state index < -0.39 is 0 Å². The summed E-state index contributed by atoms with van der Waals surface area (Å²) in [7, 11) is 0. The van der Waals surface area contributed by atoms with Gasteiger partial charge < -0.3 is 14.7 Å². The molecule has 1 saturated heterocycles. The van der Waals surface area contributed by atoms with E-state index in [1.807, 2.05) is 4.90 Å². The van der Waals surface area contributed by atoms with Crippen molar-refractivity contribution in [2.75, 3.05) is 36.0 Å². The molecule has 0 aromatic heterocycles. The van der Waals surface area contributed by atoms with E-state index >= 15 is 0 Å². The number of hydrogen-bond acceptors (Lipinski definition) is 3. The van der Waals surface area contributed by atoms with Crippen LogP contribution >= 0.6 is 0 Å². The van der Waals surface area contributed by atoms with Crippen molar-refractivity contribution in [3.8, 4) is 0 Å². The molecule has 3 aliphatic heterocycles. The number of likely N-dealkylation sites (N-methyl/N-ethyl adjacent to an activating group) is 1. The van der Waals surface area contributed by atoms with Crippen LogP contribution in [0.4, 0.5) is 11.4 Å². The average molecular weight is 299 g/mol. The number of carbonyl (C=O) groups is 1. The van der Waals surface area contributed by atoms with Crippen LogP contribution in [0.3, 0.4) is 0 Å². The van der Waals surface area contributed by atoms with Crippen molar-refractivity contribution in [2.45, 2.75) is 45.2 Å². The number of anilines is 2. The first-order valence-electron chi connectivity index (χ1n) is 8.55. The predicted octanol–water partition coefficient (Wildman–Crippen LogP) is 2.44. The normalized spacial score (nSPS) is 27.4. The zero-order valence-electron chi connectivity index (χ0n) is 13.7. The Morgan fingerprint density at radius 3 is 2.86 bits per heavy atom. The second-order valence-corrected chi connectivity index (χ2v) is 7.03. The molecule has 118 valence electrons. The molecule has 1 aromatic carbocycles. The molecule has 4 heteroatoms. The summed E-state index contributed by atoms with van der Waals surface area (Å²) in [5.41, 5.74) is 3.92. The molecule has 4 nitrogen and oxygen atoms in total. The maximum atomic E-state index is 12.5. The van der Waals surface area contributed by atoms with Crippen LogP contribution in [0.2, 0.25) is 0 Å². The van der Waals surface area contributed by atoms with Gasteiger partial charge in [0.25, 0.3) is 0 Å². The number of carbonyl (C=O) groups excluding carboxylic acids is 1. The number of likely N-dealkylation sites (tertiary alicyclic amines) is 1. The number of hydrogen-bond donors (Lipinski definition) is 0. The molecular formula is C18H25N3O. The lowest BCUT2D eigenvalue weighted by Crippen LogP contribution is -2.52. The molecule has 0 saturated carbocycles. The zero-order valence-corrected chi connectivity index (χ0v) is 13.7. The Kier molecular flexibility index (Phi) is 3.19. The minimum atomic E-state index is 0.249. The van der Waals surface area contributed by atoms with Crippen LogP contribution in [-0.2, 0) is 4.79 Å². The molecule has 4 rings (SSSR count). The van der Waals surface area contributed by atoms with E-state index in [-0.39, 0.29) is 5.91 Å². The molecule has 0 radical (unpaired) electrons. The molecule has 0 bridgehead atoms. The summed E-state index contributed by atoms with van der Waals surface area (Å²) in [6.07, 6.45) is 1.16. The third kappa shape index (κ3) is 1.83. The van der Waals surface area contributed by atoms with Crippen molar-refractivity contribution in [2.24, 2.45) is 0 Å². The van der Waals surface area contributed by atoms with Crippen LogP contribution < -0.4 is 9.80 Å². The lowest BCUT2D eigenvalue weighted by Gasteiger charge is -2.42. The smallest absolute Gasteiger partial charge is 0.246 e. The first-order chi connectivity index (χ1) is 10.6. The van der Waals surface area contributed by atoms with Crippen LogP contribution in [0, 0.1) is 0 Å². The Morgan fingerprint density at radius 1 is 1.32 bits per heavy atom. The SMILES string of the molecule is CCN1C(=O)CN2c3c(cccc31)C1CN(C(C)C)CCC12. The fourth-order valence-electron chi connectivity index (χ4n) is 4.57. The highest BCUT2D eigenvalue weighted by Gasteiger charge is 2.46. The van der Waals surface area contributed by atoms with E-state index in [1.54, 1.807) is 0 Å². The number of rotatable bonds is 2. The summed E-state index contributed by atoms with van der Waals surface area (Å²) in [6, 6.07) is 7.63. The van der Waals surface area contributed by atoms with E-state index in [0.717, 1.165) is 31.7 Å². The molecule has 1 aromatic rings. The maximum absolute atomic E-state index is 12.5. The molecule has 1 fully saturated rings. The van der Waals surface area contributed by atoms with Gasteiger partial charge in [-0.2, -0.15) is 0 Å². The summed E-state index contributed by atoms with van der Waals surface area (Å²) in [5.74, 6) is 0.801. The van der Waals surface area contributed by atoms with E-state index in [9.17, 15) is 4.79 Å². The largest absolute Gasteiger partial charge is 0.357 e.